The van der Waals surface area contributed by atoms with Crippen molar-refractivity contribution in [1.82, 2.24) is 5.32 Å². The van der Waals surface area contributed by atoms with Gasteiger partial charge in [0.15, 0.2) is 5.11 Å². The average Bonchev–Trinajstić information content (AvgIpc) is 2.20. The predicted octanol–water partition coefficient (Wildman–Crippen LogP) is 2.06. The van der Waals surface area contributed by atoms with Crippen LogP contribution in [0, 0.1) is 0 Å². The first-order chi connectivity index (χ1) is 7.04. The van der Waals surface area contributed by atoms with Crippen molar-refractivity contribution < 1.29 is 9.90 Å². The van der Waals surface area contributed by atoms with E-state index in [1.165, 1.54) is 12.1 Å². The maximum absolute atomic E-state index is 10.7. The molecule has 0 radical (unpaired) electrons. The first kappa shape index (κ1) is 11.9. The molecule has 0 saturated heterocycles. The van der Waals surface area contributed by atoms with Crippen molar-refractivity contribution in [2.24, 2.45) is 0 Å². The van der Waals surface area contributed by atoms with Crippen LogP contribution >= 0.6 is 28.1 Å². The lowest BCUT2D eigenvalue weighted by molar-refractivity contribution is 0.0697. The summed E-state index contributed by atoms with van der Waals surface area (Å²) in [6, 6.07) is 4.68. The van der Waals surface area contributed by atoms with Gasteiger partial charge in [-0.05, 0) is 46.3 Å². The Hall–Kier alpha value is -1.14. The molecule has 0 spiro atoms. The van der Waals surface area contributed by atoms with Gasteiger partial charge in [0, 0.05) is 11.5 Å². The Balaban J connectivity index is 3.00. The molecule has 0 fully saturated rings. The quantitative estimate of drug-likeness (QED) is 0.728. The summed E-state index contributed by atoms with van der Waals surface area (Å²) >= 11 is 8.21. The molecule has 15 heavy (non-hydrogen) atoms. The lowest BCUT2D eigenvalue weighted by Gasteiger charge is -2.09. The van der Waals surface area contributed by atoms with Crippen molar-refractivity contribution in [3.05, 3.63) is 28.2 Å². The number of carbonyl (C=O) groups is 1. The van der Waals surface area contributed by atoms with Gasteiger partial charge in [0.1, 0.15) is 0 Å². The molecule has 4 nitrogen and oxygen atoms in total. The maximum Gasteiger partial charge on any atom is 0.335 e. The number of carboxylic acid groups (broad SMARTS) is 1. The van der Waals surface area contributed by atoms with Crippen LogP contribution in [0.2, 0.25) is 0 Å². The minimum absolute atomic E-state index is 0.208. The van der Waals surface area contributed by atoms with Gasteiger partial charge in [-0.25, -0.2) is 4.79 Å². The fraction of sp³-hybridized carbons (Fsp3) is 0.111. The van der Waals surface area contributed by atoms with E-state index >= 15 is 0 Å². The lowest BCUT2D eigenvalue weighted by atomic mass is 10.2. The summed E-state index contributed by atoms with van der Waals surface area (Å²) in [6.45, 7) is 0. The van der Waals surface area contributed by atoms with Gasteiger partial charge in [-0.2, -0.15) is 0 Å². The minimum Gasteiger partial charge on any atom is -0.478 e. The van der Waals surface area contributed by atoms with Gasteiger partial charge < -0.3 is 15.7 Å². The van der Waals surface area contributed by atoms with Crippen molar-refractivity contribution >= 4 is 44.9 Å². The van der Waals surface area contributed by atoms with Crippen LogP contribution in [0.1, 0.15) is 10.4 Å². The number of hydrogen-bond donors (Lipinski definition) is 3. The van der Waals surface area contributed by atoms with Crippen LogP contribution in [0.4, 0.5) is 5.69 Å². The fourth-order valence-corrected chi connectivity index (χ4v) is 1.39. The largest absolute Gasteiger partial charge is 0.478 e. The average molecular weight is 289 g/mol. The second-order valence-electron chi connectivity index (χ2n) is 2.70. The highest BCUT2D eigenvalue weighted by Crippen LogP contribution is 2.23. The molecule has 0 amide bonds. The topological polar surface area (TPSA) is 61.4 Å². The van der Waals surface area contributed by atoms with Crippen molar-refractivity contribution in [2.45, 2.75) is 0 Å². The molecule has 0 bridgehead atoms. The molecular weight excluding hydrogens is 280 g/mol. The number of halogens is 1. The summed E-state index contributed by atoms with van der Waals surface area (Å²) in [7, 11) is 1.68. The normalized spacial score (nSPS) is 9.47. The van der Waals surface area contributed by atoms with Crippen molar-refractivity contribution in [3.8, 4) is 0 Å². The third-order valence-electron chi connectivity index (χ3n) is 1.69. The van der Waals surface area contributed by atoms with Crippen molar-refractivity contribution in [2.75, 3.05) is 12.4 Å². The molecule has 80 valence electrons. The first-order valence-electron chi connectivity index (χ1n) is 4.06. The van der Waals surface area contributed by atoms with E-state index in [2.05, 4.69) is 26.6 Å². The first-order valence-corrected chi connectivity index (χ1v) is 5.26. The Morgan fingerprint density at radius 2 is 2.20 bits per heavy atom. The number of hydrogen-bond acceptors (Lipinski definition) is 2. The second kappa shape index (κ2) is 5.09. The predicted molar refractivity (Wildman–Crippen MR) is 66.4 cm³/mol. The molecular formula is C9H9BrN2O2S. The zero-order valence-electron chi connectivity index (χ0n) is 7.87. The van der Waals surface area contributed by atoms with Crippen LogP contribution in [0.3, 0.4) is 0 Å². The summed E-state index contributed by atoms with van der Waals surface area (Å²) in [5, 5.41) is 14.8. The highest BCUT2D eigenvalue weighted by Gasteiger charge is 2.07. The molecule has 0 aliphatic heterocycles. The highest BCUT2D eigenvalue weighted by molar-refractivity contribution is 9.10. The number of rotatable bonds is 2. The molecule has 0 unspecified atom stereocenters. The number of anilines is 1. The van der Waals surface area contributed by atoms with E-state index in [0.29, 0.717) is 10.8 Å². The zero-order chi connectivity index (χ0) is 11.4. The second-order valence-corrected chi connectivity index (χ2v) is 3.97. The van der Waals surface area contributed by atoms with Gasteiger partial charge in [0.2, 0.25) is 0 Å². The molecule has 0 aromatic heterocycles. The molecule has 3 N–H and O–H groups in total. The number of thiocarbonyl (C=S) groups is 1. The van der Waals surface area contributed by atoms with Crippen LogP contribution in [-0.2, 0) is 0 Å². The Bertz CT molecular complexity index is 409. The summed E-state index contributed by atoms with van der Waals surface area (Å²) in [6.07, 6.45) is 0. The standard InChI is InChI=1S/C9H9BrN2O2S/c1-11-9(15)12-7-4-5(8(13)14)2-3-6(7)10/h2-4H,1H3,(H,13,14)(H2,11,12,15). The van der Waals surface area contributed by atoms with Gasteiger partial charge >= 0.3 is 5.97 Å². The SMILES string of the molecule is CNC(=S)Nc1cc(C(=O)O)ccc1Br. The van der Waals surface area contributed by atoms with Crippen LogP contribution in [0.25, 0.3) is 0 Å². The lowest BCUT2D eigenvalue weighted by Crippen LogP contribution is -2.24. The van der Waals surface area contributed by atoms with Crippen LogP contribution in [0.5, 0.6) is 0 Å². The molecule has 1 aromatic rings. The van der Waals surface area contributed by atoms with E-state index in [0.717, 1.165) is 4.47 Å². The highest BCUT2D eigenvalue weighted by atomic mass is 79.9. The summed E-state index contributed by atoms with van der Waals surface area (Å²) in [5.74, 6) is -0.971. The molecule has 1 rings (SSSR count). The van der Waals surface area contributed by atoms with Crippen LogP contribution in [-0.4, -0.2) is 23.2 Å². The van der Waals surface area contributed by atoms with Crippen LogP contribution in [0.15, 0.2) is 22.7 Å². The fourth-order valence-electron chi connectivity index (χ4n) is 0.939. The van der Waals surface area contributed by atoms with Gasteiger partial charge in [0.05, 0.1) is 11.3 Å². The maximum atomic E-state index is 10.7. The molecule has 0 saturated carbocycles. The number of carboxylic acids is 1. The Morgan fingerprint density at radius 1 is 1.53 bits per heavy atom. The Kier molecular flexibility index (Phi) is 4.05. The molecule has 0 atom stereocenters. The molecule has 1 aromatic carbocycles. The zero-order valence-corrected chi connectivity index (χ0v) is 10.3. The third kappa shape index (κ3) is 3.17. The smallest absolute Gasteiger partial charge is 0.335 e. The third-order valence-corrected chi connectivity index (χ3v) is 2.69. The number of benzene rings is 1. The number of nitrogens with one attached hydrogen (secondary N) is 2. The summed E-state index contributed by atoms with van der Waals surface area (Å²) < 4.78 is 0.755. The Labute approximate surface area is 101 Å². The summed E-state index contributed by atoms with van der Waals surface area (Å²) in [4.78, 5) is 10.7. The van der Waals surface area contributed by atoms with E-state index in [-0.39, 0.29) is 5.56 Å². The van der Waals surface area contributed by atoms with E-state index in [1.807, 2.05) is 0 Å². The van der Waals surface area contributed by atoms with Gasteiger partial charge in [-0.1, -0.05) is 0 Å². The van der Waals surface area contributed by atoms with Gasteiger partial charge in [-0.3, -0.25) is 0 Å². The molecule has 6 heteroatoms. The van der Waals surface area contributed by atoms with Gasteiger partial charge in [-0.15, -0.1) is 0 Å². The number of aromatic carboxylic acids is 1. The molecule has 0 heterocycles. The summed E-state index contributed by atoms with van der Waals surface area (Å²) in [5.41, 5.74) is 0.828. The molecule has 0 aliphatic carbocycles. The molecule has 0 aliphatic rings. The van der Waals surface area contributed by atoms with E-state index in [9.17, 15) is 4.79 Å². The van der Waals surface area contributed by atoms with E-state index in [1.54, 1.807) is 13.1 Å². The Morgan fingerprint density at radius 3 is 2.73 bits per heavy atom. The minimum atomic E-state index is -0.971. The van der Waals surface area contributed by atoms with Gasteiger partial charge in [0.25, 0.3) is 0 Å². The van der Waals surface area contributed by atoms with Crippen molar-refractivity contribution in [3.63, 3.8) is 0 Å². The van der Waals surface area contributed by atoms with E-state index < -0.39 is 5.97 Å². The monoisotopic (exact) mass is 288 g/mol. The van der Waals surface area contributed by atoms with Crippen molar-refractivity contribution in [1.29, 1.82) is 0 Å². The van der Waals surface area contributed by atoms with Crippen LogP contribution < -0.4 is 10.6 Å². The van der Waals surface area contributed by atoms with E-state index in [4.69, 9.17) is 17.3 Å².